The van der Waals surface area contributed by atoms with Gasteiger partial charge in [0.15, 0.2) is 0 Å². The van der Waals surface area contributed by atoms with Crippen LogP contribution in [0.1, 0.15) is 29.5 Å². The zero-order valence-corrected chi connectivity index (χ0v) is 13.9. The predicted molar refractivity (Wildman–Crippen MR) is 92.5 cm³/mol. The molecule has 6 heteroatoms. The summed E-state index contributed by atoms with van der Waals surface area (Å²) in [4.78, 5) is 31.1. The summed E-state index contributed by atoms with van der Waals surface area (Å²) in [7, 11) is 1.59. The maximum atomic E-state index is 12.9. The highest BCUT2D eigenvalue weighted by molar-refractivity contribution is 6.01. The highest BCUT2D eigenvalue weighted by atomic mass is 16.5. The van der Waals surface area contributed by atoms with Crippen LogP contribution in [0.25, 0.3) is 0 Å². The molecular weight excluding hydrogens is 318 g/mol. The Kier molecular flexibility index (Phi) is 3.87. The SMILES string of the molecule is COc1ccc2c(c1)C(C(=O)N1CC(c3ccccn3)C1)CC(=O)N2. The first-order valence-electron chi connectivity index (χ1n) is 8.33. The molecule has 6 nitrogen and oxygen atoms in total. The Morgan fingerprint density at radius 3 is 2.84 bits per heavy atom. The van der Waals surface area contributed by atoms with Crippen LogP contribution in [0.4, 0.5) is 5.69 Å². The van der Waals surface area contributed by atoms with Gasteiger partial charge in [-0.05, 0) is 35.9 Å². The van der Waals surface area contributed by atoms with Gasteiger partial charge in [-0.1, -0.05) is 6.07 Å². The number of ether oxygens (including phenoxy) is 1. The van der Waals surface area contributed by atoms with Crippen LogP contribution in [0.3, 0.4) is 0 Å². The van der Waals surface area contributed by atoms with E-state index in [1.165, 1.54) is 0 Å². The van der Waals surface area contributed by atoms with Crippen molar-refractivity contribution in [1.82, 2.24) is 9.88 Å². The minimum absolute atomic E-state index is 0.00321. The standard InChI is InChI=1S/C19H19N3O3/c1-25-13-5-6-17-14(8-13)15(9-18(23)21-17)19(24)22-10-12(11-22)16-4-2-3-7-20-16/h2-8,12,15H,9-11H2,1H3,(H,21,23). The van der Waals surface area contributed by atoms with Crippen LogP contribution in [0.2, 0.25) is 0 Å². The van der Waals surface area contributed by atoms with Gasteiger partial charge in [0.1, 0.15) is 5.75 Å². The van der Waals surface area contributed by atoms with Crippen LogP contribution in [-0.2, 0) is 9.59 Å². The number of nitrogens with one attached hydrogen (secondary N) is 1. The summed E-state index contributed by atoms with van der Waals surface area (Å²) < 4.78 is 5.26. The maximum Gasteiger partial charge on any atom is 0.230 e. The van der Waals surface area contributed by atoms with Crippen molar-refractivity contribution in [3.8, 4) is 5.75 Å². The summed E-state index contributed by atoms with van der Waals surface area (Å²) in [5.74, 6) is 0.368. The number of anilines is 1. The summed E-state index contributed by atoms with van der Waals surface area (Å²) in [5, 5.41) is 2.83. The maximum absolute atomic E-state index is 12.9. The van der Waals surface area contributed by atoms with Gasteiger partial charge in [0, 0.05) is 43.0 Å². The van der Waals surface area contributed by atoms with Crippen molar-refractivity contribution in [3.05, 3.63) is 53.9 Å². The van der Waals surface area contributed by atoms with Crippen LogP contribution in [0.5, 0.6) is 5.75 Å². The molecule has 1 atom stereocenters. The fourth-order valence-corrected chi connectivity index (χ4v) is 3.47. The molecule has 1 unspecified atom stereocenters. The first-order chi connectivity index (χ1) is 12.2. The Bertz CT molecular complexity index is 816. The van der Waals surface area contributed by atoms with E-state index in [1.54, 1.807) is 25.4 Å². The number of hydrogen-bond donors (Lipinski definition) is 1. The lowest BCUT2D eigenvalue weighted by Gasteiger charge is -2.41. The molecule has 1 N–H and O–H groups in total. The van der Waals surface area contributed by atoms with Crippen LogP contribution >= 0.6 is 0 Å². The summed E-state index contributed by atoms with van der Waals surface area (Å²) in [6.07, 6.45) is 1.94. The van der Waals surface area contributed by atoms with Crippen molar-refractivity contribution in [2.75, 3.05) is 25.5 Å². The number of nitrogens with zero attached hydrogens (tertiary/aromatic N) is 2. The van der Waals surface area contributed by atoms with E-state index in [-0.39, 0.29) is 24.2 Å². The van der Waals surface area contributed by atoms with Crippen LogP contribution in [0, 0.1) is 0 Å². The van der Waals surface area contributed by atoms with Gasteiger partial charge >= 0.3 is 0 Å². The molecule has 1 aromatic carbocycles. The van der Waals surface area contributed by atoms with E-state index in [4.69, 9.17) is 4.74 Å². The highest BCUT2D eigenvalue weighted by Crippen LogP contribution is 2.38. The summed E-state index contributed by atoms with van der Waals surface area (Å²) >= 11 is 0. The predicted octanol–water partition coefficient (Wildman–Crippen LogP) is 2.14. The van der Waals surface area contributed by atoms with Crippen molar-refractivity contribution < 1.29 is 14.3 Å². The summed E-state index contributed by atoms with van der Waals surface area (Å²) in [6, 6.07) is 11.2. The molecule has 0 aliphatic carbocycles. The molecule has 2 aliphatic rings. The molecule has 1 aromatic heterocycles. The van der Waals surface area contributed by atoms with E-state index in [9.17, 15) is 9.59 Å². The van der Waals surface area contributed by atoms with E-state index in [0.717, 1.165) is 11.3 Å². The van der Waals surface area contributed by atoms with E-state index < -0.39 is 5.92 Å². The number of fused-ring (bicyclic) bond motifs is 1. The summed E-state index contributed by atoms with van der Waals surface area (Å²) in [6.45, 7) is 1.29. The van der Waals surface area contributed by atoms with Crippen molar-refractivity contribution in [3.63, 3.8) is 0 Å². The molecule has 3 heterocycles. The van der Waals surface area contributed by atoms with Crippen LogP contribution in [-0.4, -0.2) is 41.9 Å². The van der Waals surface area contributed by atoms with Crippen molar-refractivity contribution >= 4 is 17.5 Å². The normalized spacial score (nSPS) is 19.6. The second-order valence-electron chi connectivity index (χ2n) is 6.45. The number of benzene rings is 1. The molecule has 25 heavy (non-hydrogen) atoms. The molecule has 1 fully saturated rings. The van der Waals surface area contributed by atoms with E-state index in [2.05, 4.69) is 10.3 Å². The number of amides is 2. The first kappa shape index (κ1) is 15.6. The quantitative estimate of drug-likeness (QED) is 0.931. The van der Waals surface area contributed by atoms with Crippen LogP contribution < -0.4 is 10.1 Å². The molecule has 2 amide bonds. The lowest BCUT2D eigenvalue weighted by Crippen LogP contribution is -2.51. The molecule has 0 saturated carbocycles. The second-order valence-corrected chi connectivity index (χ2v) is 6.45. The van der Waals surface area contributed by atoms with Gasteiger partial charge in [0.25, 0.3) is 0 Å². The Hall–Kier alpha value is -2.89. The van der Waals surface area contributed by atoms with Crippen molar-refractivity contribution in [2.24, 2.45) is 0 Å². The Balaban J connectivity index is 1.53. The third-order valence-corrected chi connectivity index (χ3v) is 4.90. The zero-order valence-electron chi connectivity index (χ0n) is 13.9. The molecule has 0 bridgehead atoms. The van der Waals surface area contributed by atoms with Gasteiger partial charge in [-0.2, -0.15) is 0 Å². The van der Waals surface area contributed by atoms with Gasteiger partial charge in [-0.15, -0.1) is 0 Å². The van der Waals surface area contributed by atoms with Crippen LogP contribution in [0.15, 0.2) is 42.6 Å². The second kappa shape index (κ2) is 6.20. The molecule has 2 aliphatic heterocycles. The number of rotatable bonds is 3. The van der Waals surface area contributed by atoms with Gasteiger partial charge in [0.2, 0.25) is 11.8 Å². The number of carbonyl (C=O) groups is 2. The minimum atomic E-state index is -0.455. The van der Waals surface area contributed by atoms with E-state index in [0.29, 0.717) is 24.5 Å². The molecule has 4 rings (SSSR count). The summed E-state index contributed by atoms with van der Waals surface area (Å²) in [5.41, 5.74) is 2.53. The third kappa shape index (κ3) is 2.84. The average molecular weight is 337 g/mol. The smallest absolute Gasteiger partial charge is 0.230 e. The fourth-order valence-electron chi connectivity index (χ4n) is 3.47. The minimum Gasteiger partial charge on any atom is -0.497 e. The van der Waals surface area contributed by atoms with Gasteiger partial charge in [-0.3, -0.25) is 14.6 Å². The molecular formula is C19H19N3O3. The Morgan fingerprint density at radius 1 is 1.28 bits per heavy atom. The van der Waals surface area contributed by atoms with Crippen molar-refractivity contribution in [2.45, 2.75) is 18.3 Å². The first-order valence-corrected chi connectivity index (χ1v) is 8.33. The molecule has 0 spiro atoms. The monoisotopic (exact) mass is 337 g/mol. The van der Waals surface area contributed by atoms with Crippen molar-refractivity contribution in [1.29, 1.82) is 0 Å². The van der Waals surface area contributed by atoms with E-state index in [1.807, 2.05) is 29.2 Å². The molecule has 1 saturated heterocycles. The Labute approximate surface area is 145 Å². The number of carbonyl (C=O) groups excluding carboxylic acids is 2. The van der Waals surface area contributed by atoms with Gasteiger partial charge in [0.05, 0.1) is 13.0 Å². The van der Waals surface area contributed by atoms with Gasteiger partial charge < -0.3 is 15.0 Å². The lowest BCUT2D eigenvalue weighted by molar-refractivity contribution is -0.139. The Morgan fingerprint density at radius 2 is 2.12 bits per heavy atom. The number of methoxy groups -OCH3 is 1. The average Bonchev–Trinajstić information content (AvgIpc) is 2.60. The highest BCUT2D eigenvalue weighted by Gasteiger charge is 2.39. The third-order valence-electron chi connectivity index (χ3n) is 4.90. The number of hydrogen-bond acceptors (Lipinski definition) is 4. The molecule has 2 aromatic rings. The fraction of sp³-hybridized carbons (Fsp3) is 0.316. The van der Waals surface area contributed by atoms with E-state index >= 15 is 0 Å². The molecule has 128 valence electrons. The number of likely N-dealkylation sites (tertiary alicyclic amines) is 1. The topological polar surface area (TPSA) is 71.5 Å². The zero-order chi connectivity index (χ0) is 17.4. The number of aromatic nitrogens is 1. The number of pyridine rings is 1. The lowest BCUT2D eigenvalue weighted by atomic mass is 9.86. The largest absolute Gasteiger partial charge is 0.497 e. The molecule has 0 radical (unpaired) electrons. The van der Waals surface area contributed by atoms with Gasteiger partial charge in [-0.25, -0.2) is 0 Å².